The van der Waals surface area contributed by atoms with Crippen molar-refractivity contribution in [2.24, 2.45) is 0 Å². The zero-order valence-electron chi connectivity index (χ0n) is 14.8. The number of hydrogen-bond donors (Lipinski definition) is 2. The van der Waals surface area contributed by atoms with Gasteiger partial charge in [-0.3, -0.25) is 4.79 Å². The number of benzene rings is 1. The van der Waals surface area contributed by atoms with Crippen LogP contribution in [0, 0.1) is 0 Å². The lowest BCUT2D eigenvalue weighted by Gasteiger charge is -2.24. The average Bonchev–Trinajstić information content (AvgIpc) is 2.62. The Bertz CT molecular complexity index is 594. The first-order valence-electron chi connectivity index (χ1n) is 8.93. The molecule has 138 valence electrons. The first-order chi connectivity index (χ1) is 12.1. The summed E-state index contributed by atoms with van der Waals surface area (Å²) in [6.45, 7) is 3.89. The molecular formula is C18H27N3O3S. The van der Waals surface area contributed by atoms with Gasteiger partial charge in [0.15, 0.2) is 0 Å². The number of carbonyl (C=O) groups is 2. The number of unbranched alkanes of at least 4 members (excludes halogenated alkanes) is 3. The molecule has 1 aromatic rings. The molecule has 0 spiro atoms. The summed E-state index contributed by atoms with van der Waals surface area (Å²) in [6.07, 6.45) is 5.39. The summed E-state index contributed by atoms with van der Waals surface area (Å²) >= 11 is 0. The van der Waals surface area contributed by atoms with Crippen LogP contribution in [0.3, 0.4) is 0 Å². The number of Topliss-reactive ketones (excluding diaryl/α,β-unsaturated/α-hetero) is 1. The number of amides is 2. The van der Waals surface area contributed by atoms with E-state index < -0.39 is 11.0 Å². The van der Waals surface area contributed by atoms with E-state index in [0.717, 1.165) is 12.8 Å². The van der Waals surface area contributed by atoms with Gasteiger partial charge in [0.25, 0.3) is 0 Å². The zero-order chi connectivity index (χ0) is 18.1. The van der Waals surface area contributed by atoms with E-state index in [1.165, 1.54) is 12.8 Å². The lowest BCUT2D eigenvalue weighted by molar-refractivity contribution is -0.120. The van der Waals surface area contributed by atoms with Gasteiger partial charge in [-0.1, -0.05) is 26.2 Å². The quantitative estimate of drug-likeness (QED) is 0.695. The molecule has 6 nitrogen and oxygen atoms in total. The Balaban J connectivity index is 1.78. The van der Waals surface area contributed by atoms with Gasteiger partial charge < -0.3 is 10.6 Å². The molecule has 1 aliphatic rings. The van der Waals surface area contributed by atoms with Crippen molar-refractivity contribution in [2.45, 2.75) is 50.3 Å². The summed E-state index contributed by atoms with van der Waals surface area (Å²) in [4.78, 5) is 23.8. The van der Waals surface area contributed by atoms with Gasteiger partial charge >= 0.3 is 6.03 Å². The highest BCUT2D eigenvalue weighted by Crippen LogP contribution is 2.18. The molecule has 2 rings (SSSR count). The molecule has 2 amide bonds. The molecule has 0 bridgehead atoms. The Morgan fingerprint density at radius 2 is 1.80 bits per heavy atom. The molecular weight excluding hydrogens is 338 g/mol. The third kappa shape index (κ3) is 6.59. The van der Waals surface area contributed by atoms with E-state index in [4.69, 9.17) is 0 Å². The van der Waals surface area contributed by atoms with Gasteiger partial charge in [0.2, 0.25) is 0 Å². The molecule has 1 heterocycles. The number of ketones is 1. The fourth-order valence-corrected chi connectivity index (χ4v) is 3.82. The Morgan fingerprint density at radius 1 is 1.12 bits per heavy atom. The summed E-state index contributed by atoms with van der Waals surface area (Å²) in [5.41, 5.74) is 0.667. The minimum absolute atomic E-state index is 0.222. The van der Waals surface area contributed by atoms with E-state index in [9.17, 15) is 13.8 Å². The molecule has 0 aliphatic carbocycles. The first kappa shape index (κ1) is 19.6. The van der Waals surface area contributed by atoms with Gasteiger partial charge in [0.05, 0.1) is 4.90 Å². The Morgan fingerprint density at radius 3 is 2.44 bits per heavy atom. The monoisotopic (exact) mass is 365 g/mol. The van der Waals surface area contributed by atoms with Gasteiger partial charge in [-0.05, 0) is 30.7 Å². The second-order valence-electron chi connectivity index (χ2n) is 6.18. The third-order valence-electron chi connectivity index (χ3n) is 4.14. The number of hydrogen-bond acceptors (Lipinski definition) is 3. The Hall–Kier alpha value is -1.73. The molecule has 1 unspecified atom stereocenters. The van der Waals surface area contributed by atoms with Crippen LogP contribution in [0.4, 0.5) is 10.5 Å². The second kappa shape index (κ2) is 10.3. The lowest BCUT2D eigenvalue weighted by atomic mass is 10.1. The highest BCUT2D eigenvalue weighted by Gasteiger charge is 2.21. The molecule has 0 aromatic heterocycles. The number of rotatable bonds is 8. The molecule has 0 saturated carbocycles. The largest absolute Gasteiger partial charge is 0.338 e. The van der Waals surface area contributed by atoms with Crippen LogP contribution < -0.4 is 10.6 Å². The van der Waals surface area contributed by atoms with Crippen LogP contribution in [0.15, 0.2) is 29.2 Å². The smallest absolute Gasteiger partial charge is 0.319 e. The summed E-state index contributed by atoms with van der Waals surface area (Å²) in [6, 6.07) is 6.78. The minimum Gasteiger partial charge on any atom is -0.338 e. The summed E-state index contributed by atoms with van der Waals surface area (Å²) in [7, 11) is -1.26. The number of piperidine rings is 1. The molecule has 1 fully saturated rings. The number of anilines is 1. The van der Waals surface area contributed by atoms with Crippen LogP contribution in [0.2, 0.25) is 0 Å². The average molecular weight is 365 g/mol. The summed E-state index contributed by atoms with van der Waals surface area (Å²) < 4.78 is 14.3. The topological polar surface area (TPSA) is 78.5 Å². The standard InChI is InChI=1S/C18H27N3O3S/c1-2-3-4-5-12-19-18(23)20-15-6-8-17(9-7-15)25(24)21-13-10-16(22)11-14-21/h6-9H,2-5,10-14H2,1H3,(H2,19,20,23). The molecule has 0 radical (unpaired) electrons. The van der Waals surface area contributed by atoms with E-state index in [2.05, 4.69) is 17.6 Å². The van der Waals surface area contributed by atoms with Gasteiger partial charge in [-0.15, -0.1) is 0 Å². The molecule has 1 aliphatic heterocycles. The lowest BCUT2D eigenvalue weighted by Crippen LogP contribution is -2.35. The molecule has 1 saturated heterocycles. The predicted molar refractivity (Wildman–Crippen MR) is 99.8 cm³/mol. The van der Waals surface area contributed by atoms with E-state index in [1.54, 1.807) is 24.3 Å². The fraction of sp³-hybridized carbons (Fsp3) is 0.556. The summed E-state index contributed by atoms with van der Waals surface area (Å²) in [5.74, 6) is 0.230. The van der Waals surface area contributed by atoms with Crippen LogP contribution >= 0.6 is 0 Å². The number of carbonyl (C=O) groups excluding carboxylic acids is 2. The van der Waals surface area contributed by atoms with Gasteiger partial charge in [-0.25, -0.2) is 13.3 Å². The van der Waals surface area contributed by atoms with E-state index >= 15 is 0 Å². The zero-order valence-corrected chi connectivity index (χ0v) is 15.6. The van der Waals surface area contributed by atoms with Crippen molar-refractivity contribution in [1.29, 1.82) is 0 Å². The van der Waals surface area contributed by atoms with Crippen LogP contribution in [-0.4, -0.2) is 40.0 Å². The van der Waals surface area contributed by atoms with Crippen molar-refractivity contribution in [3.8, 4) is 0 Å². The summed E-state index contributed by atoms with van der Waals surface area (Å²) in [5, 5.41) is 5.61. The molecule has 1 aromatic carbocycles. The van der Waals surface area contributed by atoms with E-state index in [1.807, 2.05) is 4.31 Å². The van der Waals surface area contributed by atoms with Crippen LogP contribution in [0.1, 0.15) is 45.4 Å². The Labute approximate surface area is 151 Å². The Kier molecular flexibility index (Phi) is 8.08. The minimum atomic E-state index is -1.26. The maximum Gasteiger partial charge on any atom is 0.319 e. The van der Waals surface area contributed by atoms with Crippen molar-refractivity contribution < 1.29 is 13.8 Å². The number of nitrogens with one attached hydrogen (secondary N) is 2. The van der Waals surface area contributed by atoms with Crippen LogP contribution in [0.25, 0.3) is 0 Å². The number of urea groups is 1. The van der Waals surface area contributed by atoms with Gasteiger partial charge in [0.1, 0.15) is 16.8 Å². The maximum absolute atomic E-state index is 12.5. The van der Waals surface area contributed by atoms with Crippen molar-refractivity contribution in [3.05, 3.63) is 24.3 Å². The van der Waals surface area contributed by atoms with Crippen LogP contribution in [-0.2, 0) is 15.8 Å². The normalized spacial score (nSPS) is 16.4. The first-order valence-corrected chi connectivity index (χ1v) is 10.0. The second-order valence-corrected chi connectivity index (χ2v) is 7.67. The van der Waals surface area contributed by atoms with Gasteiger partial charge in [0, 0.05) is 38.2 Å². The van der Waals surface area contributed by atoms with Crippen molar-refractivity contribution >= 4 is 28.5 Å². The number of nitrogens with zero attached hydrogens (tertiary/aromatic N) is 1. The van der Waals surface area contributed by atoms with E-state index in [-0.39, 0.29) is 11.8 Å². The fourth-order valence-electron chi connectivity index (χ4n) is 2.63. The highest BCUT2D eigenvalue weighted by atomic mass is 32.2. The van der Waals surface area contributed by atoms with Crippen LogP contribution in [0.5, 0.6) is 0 Å². The van der Waals surface area contributed by atoms with E-state index in [0.29, 0.717) is 43.1 Å². The highest BCUT2D eigenvalue weighted by molar-refractivity contribution is 7.82. The van der Waals surface area contributed by atoms with Gasteiger partial charge in [-0.2, -0.15) is 0 Å². The maximum atomic E-state index is 12.5. The third-order valence-corrected chi connectivity index (χ3v) is 5.65. The SMILES string of the molecule is CCCCCCNC(=O)Nc1ccc(S(=O)N2CCC(=O)CC2)cc1. The van der Waals surface area contributed by atoms with Crippen molar-refractivity contribution in [1.82, 2.24) is 9.62 Å². The molecule has 2 N–H and O–H groups in total. The molecule has 25 heavy (non-hydrogen) atoms. The predicted octanol–water partition coefficient (Wildman–Crippen LogP) is 3.08. The van der Waals surface area contributed by atoms with Crippen molar-refractivity contribution in [2.75, 3.05) is 25.0 Å². The van der Waals surface area contributed by atoms with Crippen molar-refractivity contribution in [3.63, 3.8) is 0 Å². The molecule has 7 heteroatoms. The molecule has 1 atom stereocenters.